The van der Waals surface area contributed by atoms with Gasteiger partial charge < -0.3 is 5.11 Å². The summed E-state index contributed by atoms with van der Waals surface area (Å²) in [7, 11) is 1.88. The minimum Gasteiger partial charge on any atom is -0.389 e. The first kappa shape index (κ1) is 14.9. The van der Waals surface area contributed by atoms with Crippen molar-refractivity contribution < 1.29 is 9.90 Å². The number of rotatable bonds is 6. The molecule has 0 aliphatic carbocycles. The summed E-state index contributed by atoms with van der Waals surface area (Å²) in [6.45, 7) is 5.98. The summed E-state index contributed by atoms with van der Waals surface area (Å²) in [6, 6.07) is 9.13. The molecule has 3 nitrogen and oxygen atoms in total. The Bertz CT molecular complexity index is 381. The molecule has 0 spiro atoms. The van der Waals surface area contributed by atoms with Gasteiger partial charge in [0.15, 0.2) is 5.78 Å². The van der Waals surface area contributed by atoms with Crippen molar-refractivity contribution in [3.63, 3.8) is 0 Å². The zero-order valence-corrected chi connectivity index (χ0v) is 11.7. The first-order valence-corrected chi connectivity index (χ1v) is 6.37. The van der Waals surface area contributed by atoms with E-state index < -0.39 is 5.60 Å². The van der Waals surface area contributed by atoms with Gasteiger partial charge in [0.2, 0.25) is 0 Å². The molecule has 1 rings (SSSR count). The van der Waals surface area contributed by atoms with Crippen LogP contribution in [0.2, 0.25) is 0 Å². The zero-order valence-electron chi connectivity index (χ0n) is 11.7. The fourth-order valence-corrected chi connectivity index (χ4v) is 2.21. The molecule has 3 heteroatoms. The molecule has 0 fully saturated rings. The smallest absolute Gasteiger partial charge is 0.179 e. The standard InChI is InChI=1S/C15H23NO2/c1-5-13(16(4)11-15(2,3)18)14(17)12-9-7-6-8-10-12/h6-10,13,18H,5,11H2,1-4H3. The van der Waals surface area contributed by atoms with Crippen LogP contribution < -0.4 is 0 Å². The Morgan fingerprint density at radius 2 is 1.89 bits per heavy atom. The minimum atomic E-state index is -0.793. The van der Waals surface area contributed by atoms with Crippen molar-refractivity contribution in [3.8, 4) is 0 Å². The molecular weight excluding hydrogens is 226 g/mol. The highest BCUT2D eigenvalue weighted by Crippen LogP contribution is 2.14. The lowest BCUT2D eigenvalue weighted by atomic mass is 9.99. The Hall–Kier alpha value is -1.19. The number of hydrogen-bond donors (Lipinski definition) is 1. The molecule has 0 aliphatic heterocycles. The number of carbonyl (C=O) groups excluding carboxylic acids is 1. The lowest BCUT2D eigenvalue weighted by Crippen LogP contribution is -2.45. The first-order valence-electron chi connectivity index (χ1n) is 6.37. The van der Waals surface area contributed by atoms with E-state index >= 15 is 0 Å². The van der Waals surface area contributed by atoms with Crippen molar-refractivity contribution in [1.29, 1.82) is 0 Å². The van der Waals surface area contributed by atoms with Crippen molar-refractivity contribution in [2.24, 2.45) is 0 Å². The maximum atomic E-state index is 12.4. The molecule has 1 N–H and O–H groups in total. The topological polar surface area (TPSA) is 40.5 Å². The number of ketones is 1. The van der Waals surface area contributed by atoms with Gasteiger partial charge in [0.05, 0.1) is 11.6 Å². The van der Waals surface area contributed by atoms with E-state index in [-0.39, 0.29) is 11.8 Å². The van der Waals surface area contributed by atoms with Crippen LogP contribution in [0.25, 0.3) is 0 Å². The molecule has 0 aliphatic rings. The molecule has 0 bridgehead atoms. The van der Waals surface area contributed by atoms with Crippen LogP contribution in [0, 0.1) is 0 Å². The Morgan fingerprint density at radius 1 is 1.33 bits per heavy atom. The number of likely N-dealkylation sites (N-methyl/N-ethyl adjacent to an activating group) is 1. The number of benzene rings is 1. The van der Waals surface area contributed by atoms with Gasteiger partial charge in [-0.1, -0.05) is 37.3 Å². The Kier molecular flexibility index (Phi) is 5.05. The number of Topliss-reactive ketones (excluding diaryl/α,β-unsaturated/α-hetero) is 1. The second kappa shape index (κ2) is 6.12. The molecule has 0 aromatic heterocycles. The van der Waals surface area contributed by atoms with Gasteiger partial charge in [0.25, 0.3) is 0 Å². The molecule has 1 unspecified atom stereocenters. The molecule has 1 aromatic rings. The third-order valence-corrected chi connectivity index (χ3v) is 2.92. The lowest BCUT2D eigenvalue weighted by molar-refractivity contribution is 0.0302. The minimum absolute atomic E-state index is 0.116. The number of nitrogens with zero attached hydrogens (tertiary/aromatic N) is 1. The summed E-state index contributed by atoms with van der Waals surface area (Å²) in [4.78, 5) is 14.3. The largest absolute Gasteiger partial charge is 0.389 e. The van der Waals surface area contributed by atoms with E-state index in [4.69, 9.17) is 0 Å². The molecule has 1 atom stereocenters. The van der Waals surface area contributed by atoms with E-state index in [1.165, 1.54) is 0 Å². The third-order valence-electron chi connectivity index (χ3n) is 2.92. The average molecular weight is 249 g/mol. The van der Waals surface area contributed by atoms with Crippen molar-refractivity contribution in [1.82, 2.24) is 4.90 Å². The monoisotopic (exact) mass is 249 g/mol. The van der Waals surface area contributed by atoms with Gasteiger partial charge in [0.1, 0.15) is 0 Å². The normalized spacial score (nSPS) is 13.7. The van der Waals surface area contributed by atoms with E-state index in [0.29, 0.717) is 6.54 Å². The molecule has 0 saturated heterocycles. The van der Waals surface area contributed by atoms with E-state index in [0.717, 1.165) is 12.0 Å². The van der Waals surface area contributed by atoms with Gasteiger partial charge in [-0.15, -0.1) is 0 Å². The Balaban J connectivity index is 2.81. The second-order valence-corrected chi connectivity index (χ2v) is 5.38. The van der Waals surface area contributed by atoms with Crippen molar-refractivity contribution >= 4 is 5.78 Å². The van der Waals surface area contributed by atoms with Gasteiger partial charge >= 0.3 is 0 Å². The highest BCUT2D eigenvalue weighted by molar-refractivity contribution is 6.00. The summed E-state index contributed by atoms with van der Waals surface area (Å²) in [5, 5.41) is 9.83. The molecule has 18 heavy (non-hydrogen) atoms. The van der Waals surface area contributed by atoms with E-state index in [1.807, 2.05) is 49.2 Å². The highest BCUT2D eigenvalue weighted by Gasteiger charge is 2.26. The predicted molar refractivity (Wildman–Crippen MR) is 73.8 cm³/mol. The number of hydrogen-bond acceptors (Lipinski definition) is 3. The van der Waals surface area contributed by atoms with Gasteiger partial charge in [-0.2, -0.15) is 0 Å². The van der Waals surface area contributed by atoms with Gasteiger partial charge in [-0.05, 0) is 27.3 Å². The molecule has 0 amide bonds. The molecule has 0 saturated carbocycles. The van der Waals surface area contributed by atoms with Crippen LogP contribution in [-0.4, -0.2) is 41.0 Å². The van der Waals surface area contributed by atoms with Gasteiger partial charge in [-0.25, -0.2) is 0 Å². The summed E-state index contributed by atoms with van der Waals surface area (Å²) >= 11 is 0. The van der Waals surface area contributed by atoms with Crippen molar-refractivity contribution in [2.75, 3.05) is 13.6 Å². The fourth-order valence-electron chi connectivity index (χ4n) is 2.21. The molecule has 0 heterocycles. The highest BCUT2D eigenvalue weighted by atomic mass is 16.3. The zero-order chi connectivity index (χ0) is 13.8. The summed E-state index contributed by atoms with van der Waals surface area (Å²) in [5.41, 5.74) is -0.0639. The Morgan fingerprint density at radius 3 is 2.33 bits per heavy atom. The van der Waals surface area contributed by atoms with Gasteiger partial charge in [0, 0.05) is 12.1 Å². The average Bonchev–Trinajstić information content (AvgIpc) is 2.28. The third kappa shape index (κ3) is 4.24. The van der Waals surface area contributed by atoms with Crippen LogP contribution in [0.5, 0.6) is 0 Å². The van der Waals surface area contributed by atoms with E-state index in [2.05, 4.69) is 0 Å². The number of aliphatic hydroxyl groups is 1. The molecule has 100 valence electrons. The van der Waals surface area contributed by atoms with Crippen molar-refractivity contribution in [2.45, 2.75) is 38.8 Å². The summed E-state index contributed by atoms with van der Waals surface area (Å²) < 4.78 is 0. The van der Waals surface area contributed by atoms with Gasteiger partial charge in [-0.3, -0.25) is 9.69 Å². The quantitative estimate of drug-likeness (QED) is 0.787. The SMILES string of the molecule is CCC(C(=O)c1ccccc1)N(C)CC(C)(C)O. The second-order valence-electron chi connectivity index (χ2n) is 5.38. The number of carbonyl (C=O) groups is 1. The first-order chi connectivity index (χ1) is 8.35. The molecule has 0 radical (unpaired) electrons. The maximum Gasteiger partial charge on any atom is 0.179 e. The maximum absolute atomic E-state index is 12.4. The van der Waals surface area contributed by atoms with Crippen LogP contribution in [0.4, 0.5) is 0 Å². The summed E-state index contributed by atoms with van der Waals surface area (Å²) in [5.74, 6) is 0.116. The fraction of sp³-hybridized carbons (Fsp3) is 0.533. The van der Waals surface area contributed by atoms with Crippen LogP contribution in [-0.2, 0) is 0 Å². The van der Waals surface area contributed by atoms with Crippen LogP contribution in [0.15, 0.2) is 30.3 Å². The Labute approximate surface area is 109 Å². The lowest BCUT2D eigenvalue weighted by Gasteiger charge is -2.31. The molecule has 1 aromatic carbocycles. The van der Waals surface area contributed by atoms with Crippen LogP contribution in [0.3, 0.4) is 0 Å². The summed E-state index contributed by atoms with van der Waals surface area (Å²) in [6.07, 6.45) is 0.736. The van der Waals surface area contributed by atoms with E-state index in [1.54, 1.807) is 13.8 Å². The predicted octanol–water partition coefficient (Wildman–Crippen LogP) is 2.35. The van der Waals surface area contributed by atoms with Crippen molar-refractivity contribution in [3.05, 3.63) is 35.9 Å². The van der Waals surface area contributed by atoms with Crippen LogP contribution >= 0.6 is 0 Å². The van der Waals surface area contributed by atoms with E-state index in [9.17, 15) is 9.90 Å². The molecular formula is C15H23NO2. The van der Waals surface area contributed by atoms with Crippen LogP contribution in [0.1, 0.15) is 37.6 Å².